The molecule has 2 aliphatic rings. The zero-order valence-electron chi connectivity index (χ0n) is 16.5. The number of likely N-dealkylation sites (tertiary alicyclic amines) is 1. The molecule has 0 radical (unpaired) electrons. The first kappa shape index (κ1) is 17.2. The lowest BCUT2D eigenvalue weighted by Gasteiger charge is -2.47. The van der Waals surface area contributed by atoms with Crippen molar-refractivity contribution in [1.29, 1.82) is 0 Å². The molecule has 3 aromatic rings. The maximum Gasteiger partial charge on any atom is 0.410 e. The highest BCUT2D eigenvalue weighted by Crippen LogP contribution is 2.44. The van der Waals surface area contributed by atoms with Gasteiger partial charge in [0.25, 0.3) is 0 Å². The Morgan fingerprint density at radius 3 is 2.75 bits per heavy atom. The average molecular weight is 376 g/mol. The van der Waals surface area contributed by atoms with E-state index in [1.165, 1.54) is 5.69 Å². The van der Waals surface area contributed by atoms with Crippen molar-refractivity contribution in [1.82, 2.24) is 19.7 Å². The molecule has 0 atom stereocenters. The molecule has 5 rings (SSSR count). The van der Waals surface area contributed by atoms with Crippen LogP contribution in [0.4, 0.5) is 4.79 Å². The summed E-state index contributed by atoms with van der Waals surface area (Å²) in [4.78, 5) is 18.7. The first-order chi connectivity index (χ1) is 13.3. The molecule has 4 heterocycles. The summed E-state index contributed by atoms with van der Waals surface area (Å²) in [6, 6.07) is 12.4. The van der Waals surface area contributed by atoms with Crippen LogP contribution in [0.5, 0.6) is 0 Å². The zero-order valence-corrected chi connectivity index (χ0v) is 16.5. The fourth-order valence-electron chi connectivity index (χ4n) is 4.27. The first-order valence-corrected chi connectivity index (χ1v) is 9.75. The van der Waals surface area contributed by atoms with Gasteiger partial charge in [-0.25, -0.2) is 4.79 Å². The van der Waals surface area contributed by atoms with E-state index in [0.29, 0.717) is 13.1 Å². The number of rotatable bonds is 1. The molecule has 6 heteroatoms. The Hall–Kier alpha value is -2.89. The Labute approximate surface area is 164 Å². The molecule has 1 saturated heterocycles. The van der Waals surface area contributed by atoms with E-state index in [4.69, 9.17) is 9.84 Å². The molecule has 1 amide bonds. The van der Waals surface area contributed by atoms with Gasteiger partial charge in [0.2, 0.25) is 0 Å². The Morgan fingerprint density at radius 2 is 1.96 bits per heavy atom. The second-order valence-corrected chi connectivity index (χ2v) is 8.92. The van der Waals surface area contributed by atoms with Crippen LogP contribution in [-0.4, -0.2) is 44.4 Å². The normalized spacial score (nSPS) is 17.6. The van der Waals surface area contributed by atoms with Crippen molar-refractivity contribution in [2.45, 2.75) is 44.8 Å². The number of amides is 1. The van der Waals surface area contributed by atoms with Crippen LogP contribution in [0.15, 0.2) is 42.6 Å². The van der Waals surface area contributed by atoms with Crippen LogP contribution >= 0.6 is 0 Å². The molecule has 2 aliphatic heterocycles. The van der Waals surface area contributed by atoms with E-state index >= 15 is 0 Å². The summed E-state index contributed by atoms with van der Waals surface area (Å²) in [6.07, 6.45) is 2.68. The summed E-state index contributed by atoms with van der Waals surface area (Å²) in [5.74, 6) is 0. The molecule has 0 saturated carbocycles. The number of aromatic nitrogens is 3. The third kappa shape index (κ3) is 2.75. The molecule has 6 nitrogen and oxygen atoms in total. The van der Waals surface area contributed by atoms with Crippen molar-refractivity contribution in [3.8, 4) is 11.3 Å². The molecule has 1 spiro atoms. The van der Waals surface area contributed by atoms with E-state index in [-0.39, 0.29) is 11.5 Å². The number of aryl methyl sites for hydroxylation is 1. The highest BCUT2D eigenvalue weighted by molar-refractivity contribution is 5.82. The van der Waals surface area contributed by atoms with E-state index in [0.717, 1.165) is 35.1 Å². The van der Waals surface area contributed by atoms with E-state index in [9.17, 15) is 4.79 Å². The minimum absolute atomic E-state index is 0.00638. The number of fused-ring (bicyclic) bond motifs is 3. The zero-order chi connectivity index (χ0) is 19.5. The summed E-state index contributed by atoms with van der Waals surface area (Å²) in [6.45, 7) is 7.98. The number of hydrogen-bond donors (Lipinski definition) is 0. The number of ether oxygens (including phenoxy) is 1. The molecule has 1 aromatic carbocycles. The van der Waals surface area contributed by atoms with Crippen molar-refractivity contribution in [3.05, 3.63) is 48.3 Å². The fourth-order valence-corrected chi connectivity index (χ4v) is 4.27. The van der Waals surface area contributed by atoms with E-state index < -0.39 is 5.60 Å². The molecular weight excluding hydrogens is 352 g/mol. The average Bonchev–Trinajstić information content (AvgIpc) is 3.17. The van der Waals surface area contributed by atoms with Crippen LogP contribution in [0.25, 0.3) is 22.2 Å². The van der Waals surface area contributed by atoms with Gasteiger partial charge in [-0.1, -0.05) is 18.2 Å². The smallest absolute Gasteiger partial charge is 0.410 e. The molecule has 1 fully saturated rings. The third-order valence-electron chi connectivity index (χ3n) is 5.65. The van der Waals surface area contributed by atoms with Gasteiger partial charge in [-0.15, -0.1) is 0 Å². The number of carbonyl (C=O) groups is 1. The summed E-state index contributed by atoms with van der Waals surface area (Å²) in [5.41, 5.74) is 3.72. The lowest BCUT2D eigenvalue weighted by atomic mass is 9.76. The van der Waals surface area contributed by atoms with Crippen molar-refractivity contribution >= 4 is 17.0 Å². The predicted octanol–water partition coefficient (Wildman–Crippen LogP) is 3.99. The first-order valence-electron chi connectivity index (χ1n) is 9.75. The highest BCUT2D eigenvalue weighted by Gasteiger charge is 2.52. The number of para-hydroxylation sites is 1. The summed E-state index contributed by atoms with van der Waals surface area (Å²) in [5, 5.41) is 5.93. The van der Waals surface area contributed by atoms with Crippen molar-refractivity contribution < 1.29 is 9.53 Å². The van der Waals surface area contributed by atoms with Crippen molar-refractivity contribution in [2.24, 2.45) is 0 Å². The summed E-state index contributed by atoms with van der Waals surface area (Å²) >= 11 is 0. The number of carbonyl (C=O) groups excluding carboxylic acids is 1. The largest absolute Gasteiger partial charge is 0.444 e. The van der Waals surface area contributed by atoms with Crippen molar-refractivity contribution in [2.75, 3.05) is 13.1 Å². The lowest BCUT2D eigenvalue weighted by Crippen LogP contribution is -2.61. The van der Waals surface area contributed by atoms with E-state index in [2.05, 4.69) is 27.9 Å². The fraction of sp³-hybridized carbons (Fsp3) is 0.409. The van der Waals surface area contributed by atoms with Crippen LogP contribution in [-0.2, 0) is 16.7 Å². The third-order valence-corrected chi connectivity index (χ3v) is 5.65. The maximum absolute atomic E-state index is 12.3. The van der Waals surface area contributed by atoms with Crippen LogP contribution in [0, 0.1) is 0 Å². The number of nitrogens with zero attached hydrogens (tertiary/aromatic N) is 4. The lowest BCUT2D eigenvalue weighted by molar-refractivity contribution is -0.00969. The van der Waals surface area contributed by atoms with Gasteiger partial charge in [0.05, 0.1) is 11.2 Å². The van der Waals surface area contributed by atoms with Gasteiger partial charge in [0, 0.05) is 47.9 Å². The molecule has 2 aromatic heterocycles. The van der Waals surface area contributed by atoms with Gasteiger partial charge in [0.1, 0.15) is 5.60 Å². The molecule has 144 valence electrons. The number of hydrogen-bond acceptors (Lipinski definition) is 4. The molecule has 0 bridgehead atoms. The van der Waals surface area contributed by atoms with Crippen LogP contribution in [0.1, 0.15) is 32.9 Å². The quantitative estimate of drug-likeness (QED) is 0.644. The predicted molar refractivity (Wildman–Crippen MR) is 107 cm³/mol. The van der Waals surface area contributed by atoms with Crippen LogP contribution < -0.4 is 0 Å². The Bertz CT molecular complexity index is 1070. The van der Waals surface area contributed by atoms with Gasteiger partial charge in [-0.2, -0.15) is 5.10 Å². The standard InChI is InChI=1S/C22H24N4O2/c1-21(2,3)28-20(27)25-13-22(14-25)8-9-26-19(22)11-18(24-26)16-10-15-6-4-5-7-17(15)23-12-16/h4-7,10-12H,8-9,13-14H2,1-3H3. The minimum atomic E-state index is -0.465. The van der Waals surface area contributed by atoms with Crippen LogP contribution in [0.2, 0.25) is 0 Å². The summed E-state index contributed by atoms with van der Waals surface area (Å²) < 4.78 is 7.60. The van der Waals surface area contributed by atoms with Crippen LogP contribution in [0.3, 0.4) is 0 Å². The SMILES string of the molecule is CC(C)(C)OC(=O)N1CC2(CCn3nc(-c4cnc5ccccc5c4)cc32)C1. The molecular formula is C22H24N4O2. The maximum atomic E-state index is 12.3. The monoisotopic (exact) mass is 376 g/mol. The van der Waals surface area contributed by atoms with Gasteiger partial charge in [0.15, 0.2) is 0 Å². The number of pyridine rings is 1. The number of benzene rings is 1. The van der Waals surface area contributed by atoms with Gasteiger partial charge < -0.3 is 9.64 Å². The summed E-state index contributed by atoms with van der Waals surface area (Å²) in [7, 11) is 0. The second kappa shape index (κ2) is 5.80. The molecule has 0 unspecified atom stereocenters. The van der Waals surface area contributed by atoms with Crippen molar-refractivity contribution in [3.63, 3.8) is 0 Å². The van der Waals surface area contributed by atoms with E-state index in [1.54, 1.807) is 4.90 Å². The second-order valence-electron chi connectivity index (χ2n) is 8.92. The topological polar surface area (TPSA) is 60.2 Å². The molecule has 28 heavy (non-hydrogen) atoms. The van der Waals surface area contributed by atoms with E-state index in [1.807, 2.05) is 45.2 Å². The Balaban J connectivity index is 1.39. The Kier molecular flexibility index (Phi) is 3.57. The molecule has 0 N–H and O–H groups in total. The van der Waals surface area contributed by atoms with Gasteiger partial charge in [-0.05, 0) is 45.4 Å². The Morgan fingerprint density at radius 1 is 1.18 bits per heavy atom. The minimum Gasteiger partial charge on any atom is -0.444 e. The highest BCUT2D eigenvalue weighted by atomic mass is 16.6. The van der Waals surface area contributed by atoms with Gasteiger partial charge >= 0.3 is 6.09 Å². The molecule has 0 aliphatic carbocycles. The van der Waals surface area contributed by atoms with Gasteiger partial charge in [-0.3, -0.25) is 9.67 Å².